The van der Waals surface area contributed by atoms with Gasteiger partial charge in [-0.05, 0) is 49.2 Å². The number of carbonyl (C=O) groups excluding carboxylic acids is 1. The number of carbonyl (C=O) groups is 2. The second-order valence-corrected chi connectivity index (χ2v) is 6.11. The Balaban J connectivity index is 0.000000316. The summed E-state index contributed by atoms with van der Waals surface area (Å²) in [5.74, 6) is -4.57. The van der Waals surface area contributed by atoms with Crippen LogP contribution in [0, 0.1) is 11.6 Å². The summed E-state index contributed by atoms with van der Waals surface area (Å²) in [6.45, 7) is 2.53. The molecule has 2 aromatic carbocycles. The van der Waals surface area contributed by atoms with E-state index in [4.69, 9.17) is 5.11 Å². The lowest BCUT2D eigenvalue weighted by molar-refractivity contribution is -0.140. The van der Waals surface area contributed by atoms with E-state index in [9.17, 15) is 44.7 Å². The smallest absolute Gasteiger partial charge is 0.419 e. The Bertz CT molecular complexity index is 1000. The molecule has 1 N–H and O–H groups in total. The molecule has 0 unspecified atom stereocenters. The Morgan fingerprint density at radius 1 is 0.774 bits per heavy atom. The molecule has 0 aliphatic rings. The molecule has 0 aliphatic heterocycles. The third-order valence-corrected chi connectivity index (χ3v) is 3.75. The molecule has 0 heterocycles. The minimum Gasteiger partial charge on any atom is -0.478 e. The number of allylic oxidation sites excluding steroid dienone is 1. The maximum absolute atomic E-state index is 13.1. The number of alkyl halides is 6. The molecule has 2 rings (SSSR count). The van der Waals surface area contributed by atoms with Crippen molar-refractivity contribution in [2.75, 3.05) is 0 Å². The molecule has 3 nitrogen and oxygen atoms in total. The van der Waals surface area contributed by atoms with Gasteiger partial charge in [-0.15, -0.1) is 0 Å². The first kappa shape index (κ1) is 25.8. The molecule has 0 bridgehead atoms. The van der Waals surface area contributed by atoms with Crippen molar-refractivity contribution in [2.24, 2.45) is 0 Å². The Hall–Kier alpha value is -3.24. The van der Waals surface area contributed by atoms with Crippen LogP contribution in [0.25, 0.3) is 5.57 Å². The lowest BCUT2D eigenvalue weighted by atomic mass is 10.0. The van der Waals surface area contributed by atoms with Crippen molar-refractivity contribution in [3.63, 3.8) is 0 Å². The van der Waals surface area contributed by atoms with Gasteiger partial charge < -0.3 is 5.11 Å². The van der Waals surface area contributed by atoms with Crippen molar-refractivity contribution in [3.05, 3.63) is 76.4 Å². The Kier molecular flexibility index (Phi) is 8.08. The monoisotopic (exact) mass is 454 g/mol. The van der Waals surface area contributed by atoms with E-state index in [2.05, 4.69) is 0 Å². The number of rotatable bonds is 3. The molecule has 0 spiro atoms. The van der Waals surface area contributed by atoms with Crippen LogP contribution >= 0.6 is 0 Å². The SMILES string of the molecule is C/C(=C\C(=O)O)c1ccc(C(F)(F)F)c(F)c1.CC(=O)c1ccc(C(F)(F)F)c(F)c1. The van der Waals surface area contributed by atoms with E-state index in [0.29, 0.717) is 24.3 Å². The molecule has 11 heteroatoms. The first-order valence-corrected chi connectivity index (χ1v) is 8.20. The van der Waals surface area contributed by atoms with Gasteiger partial charge in [0.05, 0.1) is 11.1 Å². The minimum atomic E-state index is -4.76. The van der Waals surface area contributed by atoms with Crippen LogP contribution in [-0.2, 0) is 17.1 Å². The number of halogens is 8. The normalized spacial score (nSPS) is 12.1. The van der Waals surface area contributed by atoms with Crippen molar-refractivity contribution in [2.45, 2.75) is 26.2 Å². The van der Waals surface area contributed by atoms with Crippen molar-refractivity contribution in [1.82, 2.24) is 0 Å². The number of Topliss-reactive ketones (excluding diaryl/α,β-unsaturated/α-hetero) is 1. The fraction of sp³-hybridized carbons (Fsp3) is 0.200. The van der Waals surface area contributed by atoms with Gasteiger partial charge in [-0.3, -0.25) is 4.79 Å². The van der Waals surface area contributed by atoms with Gasteiger partial charge in [-0.1, -0.05) is 12.1 Å². The van der Waals surface area contributed by atoms with E-state index in [1.165, 1.54) is 6.92 Å². The molecular weight excluding hydrogens is 440 g/mol. The van der Waals surface area contributed by atoms with E-state index < -0.39 is 46.9 Å². The lowest BCUT2D eigenvalue weighted by Gasteiger charge is -2.09. The third-order valence-electron chi connectivity index (χ3n) is 3.75. The van der Waals surface area contributed by atoms with E-state index in [1.807, 2.05) is 0 Å². The Labute approximate surface area is 170 Å². The summed E-state index contributed by atoms with van der Waals surface area (Å²) >= 11 is 0. The second kappa shape index (κ2) is 9.71. The summed E-state index contributed by atoms with van der Waals surface area (Å²) in [5, 5.41) is 8.45. The molecule has 0 radical (unpaired) electrons. The Morgan fingerprint density at radius 2 is 1.16 bits per heavy atom. The lowest BCUT2D eigenvalue weighted by Crippen LogP contribution is -2.09. The zero-order valence-electron chi connectivity index (χ0n) is 15.8. The first-order chi connectivity index (χ1) is 14.0. The minimum absolute atomic E-state index is 0.0736. The number of aliphatic carboxylic acids is 1. The zero-order valence-corrected chi connectivity index (χ0v) is 15.8. The van der Waals surface area contributed by atoms with Crippen LogP contribution in [0.3, 0.4) is 0 Å². The molecule has 168 valence electrons. The molecule has 31 heavy (non-hydrogen) atoms. The number of benzene rings is 2. The Morgan fingerprint density at radius 3 is 1.48 bits per heavy atom. The topological polar surface area (TPSA) is 54.4 Å². The van der Waals surface area contributed by atoms with Gasteiger partial charge in [0.1, 0.15) is 11.6 Å². The van der Waals surface area contributed by atoms with Crippen LogP contribution in [0.2, 0.25) is 0 Å². The van der Waals surface area contributed by atoms with Crippen LogP contribution < -0.4 is 0 Å². The van der Waals surface area contributed by atoms with Crippen LogP contribution in [-0.4, -0.2) is 16.9 Å². The average molecular weight is 454 g/mol. The summed E-state index contributed by atoms with van der Waals surface area (Å²) in [6.07, 6.45) is -8.69. The standard InChI is InChI=1S/C11H8F4O2.C9H6F4O/c1-6(4-10(16)17)7-2-3-8(9(12)5-7)11(13,14)15;1-5(14)6-2-3-7(8(10)4-6)9(11,12)13/h2-5H,1H3,(H,16,17);2-4H,1H3/b6-4+;. The molecule has 0 fully saturated rings. The van der Waals surface area contributed by atoms with E-state index >= 15 is 0 Å². The zero-order chi connectivity index (χ0) is 24.1. The van der Waals surface area contributed by atoms with Crippen LogP contribution in [0.5, 0.6) is 0 Å². The molecule has 0 saturated carbocycles. The van der Waals surface area contributed by atoms with Gasteiger partial charge >= 0.3 is 18.3 Å². The van der Waals surface area contributed by atoms with Gasteiger partial charge in [0.15, 0.2) is 5.78 Å². The summed E-state index contributed by atoms with van der Waals surface area (Å²) < 4.78 is 98.9. The number of hydrogen-bond acceptors (Lipinski definition) is 2. The highest BCUT2D eigenvalue weighted by Crippen LogP contribution is 2.33. The highest BCUT2D eigenvalue weighted by atomic mass is 19.4. The fourth-order valence-corrected chi connectivity index (χ4v) is 2.22. The number of carboxylic acid groups (broad SMARTS) is 1. The van der Waals surface area contributed by atoms with E-state index in [0.717, 1.165) is 25.1 Å². The van der Waals surface area contributed by atoms with Crippen molar-refractivity contribution in [3.8, 4) is 0 Å². The van der Waals surface area contributed by atoms with Crippen LogP contribution in [0.15, 0.2) is 42.5 Å². The number of carboxylic acids is 1. The van der Waals surface area contributed by atoms with Crippen LogP contribution in [0.1, 0.15) is 40.9 Å². The van der Waals surface area contributed by atoms with Crippen molar-refractivity contribution >= 4 is 17.3 Å². The van der Waals surface area contributed by atoms with Gasteiger partial charge in [0.25, 0.3) is 0 Å². The maximum atomic E-state index is 13.1. The van der Waals surface area contributed by atoms with E-state index in [1.54, 1.807) is 0 Å². The van der Waals surface area contributed by atoms with Gasteiger partial charge in [0, 0.05) is 11.6 Å². The van der Waals surface area contributed by atoms with Crippen molar-refractivity contribution in [1.29, 1.82) is 0 Å². The predicted octanol–water partition coefficient (Wildman–Crippen LogP) is 6.38. The van der Waals surface area contributed by atoms with Gasteiger partial charge in [0.2, 0.25) is 0 Å². The first-order valence-electron chi connectivity index (χ1n) is 8.20. The van der Waals surface area contributed by atoms with Crippen molar-refractivity contribution < 1.29 is 49.8 Å². The number of hydrogen-bond donors (Lipinski definition) is 1. The summed E-state index contributed by atoms with van der Waals surface area (Å²) in [5.41, 5.74) is -2.54. The largest absolute Gasteiger partial charge is 0.478 e. The summed E-state index contributed by atoms with van der Waals surface area (Å²) in [6, 6.07) is 4.38. The van der Waals surface area contributed by atoms with Gasteiger partial charge in [-0.2, -0.15) is 26.3 Å². The molecule has 0 amide bonds. The molecule has 0 aromatic heterocycles. The molecule has 0 atom stereocenters. The van der Waals surface area contributed by atoms with E-state index in [-0.39, 0.29) is 16.7 Å². The highest BCUT2D eigenvalue weighted by Gasteiger charge is 2.34. The molecule has 2 aromatic rings. The predicted molar refractivity (Wildman–Crippen MR) is 94.1 cm³/mol. The third kappa shape index (κ3) is 7.50. The summed E-state index contributed by atoms with van der Waals surface area (Å²) in [7, 11) is 0. The second-order valence-electron chi connectivity index (χ2n) is 6.11. The molecule has 0 aliphatic carbocycles. The average Bonchev–Trinajstić information content (AvgIpc) is 2.59. The molecular formula is C20H14F8O3. The highest BCUT2D eigenvalue weighted by molar-refractivity contribution is 5.94. The molecule has 0 saturated heterocycles. The maximum Gasteiger partial charge on any atom is 0.419 e. The van der Waals surface area contributed by atoms with Gasteiger partial charge in [-0.25, -0.2) is 13.6 Å². The number of ketones is 1. The quantitative estimate of drug-likeness (QED) is 0.333. The fourth-order valence-electron chi connectivity index (χ4n) is 2.22. The summed E-state index contributed by atoms with van der Waals surface area (Å²) in [4.78, 5) is 21.1. The van der Waals surface area contributed by atoms with Crippen LogP contribution in [0.4, 0.5) is 35.1 Å².